The summed E-state index contributed by atoms with van der Waals surface area (Å²) in [5.41, 5.74) is 3.77. The van der Waals surface area contributed by atoms with Crippen molar-refractivity contribution in [1.29, 1.82) is 0 Å². The maximum absolute atomic E-state index is 5.98. The van der Waals surface area contributed by atoms with Crippen LogP contribution in [0.3, 0.4) is 0 Å². The highest BCUT2D eigenvalue weighted by atomic mass is 127. The van der Waals surface area contributed by atoms with Crippen LogP contribution in [0.2, 0.25) is 5.02 Å². The molecule has 1 aliphatic heterocycles. The van der Waals surface area contributed by atoms with Crippen molar-refractivity contribution in [1.82, 2.24) is 0 Å². The molecular formula is C17H18ClIN2. The molecule has 0 atom stereocenters. The second-order valence-corrected chi connectivity index (χ2v) is 6.94. The fraction of sp³-hybridized carbons (Fsp3) is 0.294. The highest BCUT2D eigenvalue weighted by Crippen LogP contribution is 2.24. The normalized spacial score (nSPS) is 14.5. The van der Waals surface area contributed by atoms with Gasteiger partial charge >= 0.3 is 0 Å². The standard InChI is InChI=1S/C17H18ClIN2/c18-14-5-8-17(16(19)11-14)20-12-13-3-6-15(7-4-13)21-9-1-2-10-21/h3-8,11,20H,1-2,9-10,12H2. The SMILES string of the molecule is Clc1ccc(NCc2ccc(N3CCCC3)cc2)c(I)c1. The molecule has 1 aliphatic rings. The molecule has 21 heavy (non-hydrogen) atoms. The topological polar surface area (TPSA) is 15.3 Å². The molecule has 1 saturated heterocycles. The van der Waals surface area contributed by atoms with Crippen LogP contribution in [0.25, 0.3) is 0 Å². The Labute approximate surface area is 144 Å². The minimum atomic E-state index is 0.778. The molecule has 0 spiro atoms. The van der Waals surface area contributed by atoms with Crippen molar-refractivity contribution in [3.05, 3.63) is 56.6 Å². The first kappa shape index (κ1) is 15.0. The maximum atomic E-state index is 5.98. The zero-order chi connectivity index (χ0) is 14.7. The third-order valence-corrected chi connectivity index (χ3v) is 4.95. The van der Waals surface area contributed by atoms with E-state index in [0.717, 1.165) is 20.8 Å². The van der Waals surface area contributed by atoms with Crippen LogP contribution in [0.4, 0.5) is 11.4 Å². The van der Waals surface area contributed by atoms with Gasteiger partial charge in [0.15, 0.2) is 0 Å². The van der Waals surface area contributed by atoms with Gasteiger partial charge in [-0.05, 0) is 71.3 Å². The molecule has 1 N–H and O–H groups in total. The van der Waals surface area contributed by atoms with Crippen molar-refractivity contribution in [2.75, 3.05) is 23.3 Å². The second-order valence-electron chi connectivity index (χ2n) is 5.34. The molecule has 3 rings (SSSR count). The van der Waals surface area contributed by atoms with E-state index in [1.54, 1.807) is 0 Å². The first-order valence-electron chi connectivity index (χ1n) is 7.25. The van der Waals surface area contributed by atoms with Crippen LogP contribution in [0, 0.1) is 3.57 Å². The molecule has 0 unspecified atom stereocenters. The van der Waals surface area contributed by atoms with E-state index in [9.17, 15) is 0 Å². The maximum Gasteiger partial charge on any atom is 0.0479 e. The van der Waals surface area contributed by atoms with Gasteiger partial charge in [-0.3, -0.25) is 0 Å². The van der Waals surface area contributed by atoms with E-state index in [0.29, 0.717) is 0 Å². The summed E-state index contributed by atoms with van der Waals surface area (Å²) in [4.78, 5) is 2.46. The van der Waals surface area contributed by atoms with Gasteiger partial charge in [0.2, 0.25) is 0 Å². The molecule has 0 saturated carbocycles. The first-order valence-corrected chi connectivity index (χ1v) is 8.71. The van der Waals surface area contributed by atoms with E-state index in [1.807, 2.05) is 18.2 Å². The van der Waals surface area contributed by atoms with Gasteiger partial charge in [-0.15, -0.1) is 0 Å². The summed E-state index contributed by atoms with van der Waals surface area (Å²) in [5.74, 6) is 0. The van der Waals surface area contributed by atoms with Crippen molar-refractivity contribution in [3.8, 4) is 0 Å². The van der Waals surface area contributed by atoms with Crippen LogP contribution in [-0.2, 0) is 6.54 Å². The predicted octanol–water partition coefficient (Wildman–Crippen LogP) is 5.16. The van der Waals surface area contributed by atoms with Crippen LogP contribution in [-0.4, -0.2) is 13.1 Å². The van der Waals surface area contributed by atoms with Crippen molar-refractivity contribution >= 4 is 45.6 Å². The van der Waals surface area contributed by atoms with Gasteiger partial charge < -0.3 is 10.2 Å². The van der Waals surface area contributed by atoms with Crippen LogP contribution >= 0.6 is 34.2 Å². The van der Waals surface area contributed by atoms with Gasteiger partial charge in [0.25, 0.3) is 0 Å². The summed E-state index contributed by atoms with van der Waals surface area (Å²) in [6.45, 7) is 3.22. The van der Waals surface area contributed by atoms with E-state index >= 15 is 0 Å². The Morgan fingerprint density at radius 2 is 1.76 bits per heavy atom. The molecule has 0 aromatic heterocycles. The summed E-state index contributed by atoms with van der Waals surface area (Å²) >= 11 is 8.28. The van der Waals surface area contributed by atoms with Crippen LogP contribution in [0.1, 0.15) is 18.4 Å². The zero-order valence-corrected chi connectivity index (χ0v) is 14.7. The molecule has 0 radical (unpaired) electrons. The third-order valence-electron chi connectivity index (χ3n) is 3.82. The molecule has 110 valence electrons. The Morgan fingerprint density at radius 3 is 2.43 bits per heavy atom. The minimum Gasteiger partial charge on any atom is -0.380 e. The number of hydrogen-bond acceptors (Lipinski definition) is 2. The number of nitrogens with one attached hydrogen (secondary N) is 1. The highest BCUT2D eigenvalue weighted by molar-refractivity contribution is 14.1. The summed E-state index contributed by atoms with van der Waals surface area (Å²) in [6, 6.07) is 14.8. The molecule has 2 aromatic carbocycles. The van der Waals surface area contributed by atoms with E-state index in [1.165, 1.54) is 37.2 Å². The Balaban J connectivity index is 1.62. The van der Waals surface area contributed by atoms with Gasteiger partial charge in [0.05, 0.1) is 0 Å². The van der Waals surface area contributed by atoms with E-state index in [2.05, 4.69) is 57.1 Å². The lowest BCUT2D eigenvalue weighted by molar-refractivity contribution is 0.949. The number of hydrogen-bond donors (Lipinski definition) is 1. The molecule has 1 fully saturated rings. The first-order chi connectivity index (χ1) is 10.2. The van der Waals surface area contributed by atoms with Crippen LogP contribution in [0.15, 0.2) is 42.5 Å². The fourth-order valence-electron chi connectivity index (χ4n) is 2.63. The lowest BCUT2D eigenvalue weighted by Gasteiger charge is -2.18. The van der Waals surface area contributed by atoms with Gasteiger partial charge in [-0.1, -0.05) is 23.7 Å². The molecule has 0 aliphatic carbocycles. The average molecular weight is 413 g/mol. The fourth-order valence-corrected chi connectivity index (χ4v) is 3.69. The zero-order valence-electron chi connectivity index (χ0n) is 11.8. The lowest BCUT2D eigenvalue weighted by Crippen LogP contribution is -2.17. The number of rotatable bonds is 4. The van der Waals surface area contributed by atoms with Gasteiger partial charge in [0, 0.05) is 39.6 Å². The van der Waals surface area contributed by atoms with Crippen LogP contribution < -0.4 is 10.2 Å². The molecule has 0 bridgehead atoms. The molecule has 2 nitrogen and oxygen atoms in total. The predicted molar refractivity (Wildman–Crippen MR) is 99.4 cm³/mol. The molecular weight excluding hydrogens is 395 g/mol. The lowest BCUT2D eigenvalue weighted by atomic mass is 10.2. The van der Waals surface area contributed by atoms with E-state index < -0.39 is 0 Å². The minimum absolute atomic E-state index is 0.778. The van der Waals surface area contributed by atoms with Crippen molar-refractivity contribution in [2.24, 2.45) is 0 Å². The summed E-state index contributed by atoms with van der Waals surface area (Å²) < 4.78 is 1.15. The van der Waals surface area contributed by atoms with Crippen molar-refractivity contribution < 1.29 is 0 Å². The van der Waals surface area contributed by atoms with E-state index in [-0.39, 0.29) is 0 Å². The number of nitrogens with zero attached hydrogens (tertiary/aromatic N) is 1. The Bertz CT molecular complexity index is 607. The summed E-state index contributed by atoms with van der Waals surface area (Å²) in [7, 11) is 0. The second kappa shape index (κ2) is 6.88. The quantitative estimate of drug-likeness (QED) is 0.698. The third kappa shape index (κ3) is 3.83. The van der Waals surface area contributed by atoms with E-state index in [4.69, 9.17) is 11.6 Å². The smallest absolute Gasteiger partial charge is 0.0479 e. The van der Waals surface area contributed by atoms with Gasteiger partial charge in [-0.2, -0.15) is 0 Å². The summed E-state index contributed by atoms with van der Waals surface area (Å²) in [5, 5.41) is 4.24. The molecule has 0 amide bonds. The molecule has 4 heteroatoms. The largest absolute Gasteiger partial charge is 0.380 e. The average Bonchev–Trinajstić information content (AvgIpc) is 3.01. The Kier molecular flexibility index (Phi) is 4.91. The van der Waals surface area contributed by atoms with Gasteiger partial charge in [0.1, 0.15) is 0 Å². The van der Waals surface area contributed by atoms with Gasteiger partial charge in [-0.25, -0.2) is 0 Å². The molecule has 2 aromatic rings. The number of halogens is 2. The molecule has 1 heterocycles. The van der Waals surface area contributed by atoms with Crippen LogP contribution in [0.5, 0.6) is 0 Å². The monoisotopic (exact) mass is 412 g/mol. The van der Waals surface area contributed by atoms with Crippen molar-refractivity contribution in [2.45, 2.75) is 19.4 Å². The Hall–Kier alpha value is -0.940. The number of benzene rings is 2. The summed E-state index contributed by atoms with van der Waals surface area (Å²) in [6.07, 6.45) is 2.64. The van der Waals surface area contributed by atoms with Crippen molar-refractivity contribution in [3.63, 3.8) is 0 Å². The number of anilines is 2. The highest BCUT2D eigenvalue weighted by Gasteiger charge is 2.11. The Morgan fingerprint density at radius 1 is 1.05 bits per heavy atom.